The van der Waals surface area contributed by atoms with Crippen molar-refractivity contribution in [3.05, 3.63) is 46.9 Å². The van der Waals surface area contributed by atoms with Crippen molar-refractivity contribution in [2.24, 2.45) is 0 Å². The molecule has 1 aliphatic rings. The molecular weight excluding hydrogens is 258 g/mol. The third kappa shape index (κ3) is 1.48. The predicted octanol–water partition coefficient (Wildman–Crippen LogP) is 1.63. The molecule has 0 aliphatic carbocycles. The first kappa shape index (κ1) is 11.0. The lowest BCUT2D eigenvalue weighted by Crippen LogP contribution is -2.14. The Morgan fingerprint density at radius 3 is 2.85 bits per heavy atom. The number of fused-ring (bicyclic) bond motifs is 2. The van der Waals surface area contributed by atoms with Crippen LogP contribution in [0.3, 0.4) is 0 Å². The number of nitrogens with one attached hydrogen (secondary N) is 1. The average molecular weight is 269 g/mol. The minimum absolute atomic E-state index is 0.203. The van der Waals surface area contributed by atoms with Gasteiger partial charge in [0.15, 0.2) is 11.5 Å². The maximum atomic E-state index is 12.1. The number of H-pyrrole nitrogens is 1. The molecule has 0 amide bonds. The van der Waals surface area contributed by atoms with E-state index in [0.29, 0.717) is 22.9 Å². The number of ether oxygens (including phenoxy) is 2. The summed E-state index contributed by atoms with van der Waals surface area (Å²) >= 11 is 0. The van der Waals surface area contributed by atoms with Crippen molar-refractivity contribution in [1.82, 2.24) is 9.55 Å². The van der Waals surface area contributed by atoms with Gasteiger partial charge in [-0.15, -0.1) is 0 Å². The van der Waals surface area contributed by atoms with E-state index in [1.54, 1.807) is 34.9 Å². The van der Waals surface area contributed by atoms with Crippen molar-refractivity contribution in [3.63, 3.8) is 0 Å². The monoisotopic (exact) mass is 269 g/mol. The molecule has 6 heteroatoms. The summed E-state index contributed by atoms with van der Waals surface area (Å²) < 4.78 is 12.2. The number of hydrogen-bond acceptors (Lipinski definition) is 4. The quantitative estimate of drug-likeness (QED) is 0.658. The summed E-state index contributed by atoms with van der Waals surface area (Å²) in [6, 6.07) is 10.7. The highest BCUT2D eigenvalue weighted by Gasteiger charge is 2.16. The van der Waals surface area contributed by atoms with Crippen LogP contribution < -0.4 is 20.9 Å². The molecule has 4 rings (SSSR count). The Labute approximate surface area is 113 Å². The summed E-state index contributed by atoms with van der Waals surface area (Å²) in [7, 11) is 0. The van der Waals surface area contributed by atoms with Crippen LogP contribution in [0.15, 0.2) is 41.2 Å². The molecule has 6 nitrogen and oxygen atoms in total. The topological polar surface area (TPSA) is 82.3 Å². The Morgan fingerprint density at radius 1 is 1.10 bits per heavy atom. The molecule has 0 saturated heterocycles. The van der Waals surface area contributed by atoms with Crippen molar-refractivity contribution in [3.8, 4) is 17.2 Å². The van der Waals surface area contributed by atoms with Crippen LogP contribution in [0.1, 0.15) is 0 Å². The Bertz CT molecular complexity index is 879. The first-order chi connectivity index (χ1) is 9.72. The van der Waals surface area contributed by atoms with Crippen molar-refractivity contribution >= 4 is 16.7 Å². The summed E-state index contributed by atoms with van der Waals surface area (Å²) in [6.07, 6.45) is 0. The predicted molar refractivity (Wildman–Crippen MR) is 74.4 cm³/mol. The number of anilines is 1. The Morgan fingerprint density at radius 2 is 1.95 bits per heavy atom. The zero-order chi connectivity index (χ0) is 13.7. The first-order valence-electron chi connectivity index (χ1n) is 6.13. The van der Waals surface area contributed by atoms with E-state index in [1.165, 1.54) is 0 Å². The number of nitrogens with zero attached hydrogens (tertiary/aromatic N) is 1. The Balaban J connectivity index is 2.00. The van der Waals surface area contributed by atoms with E-state index in [1.807, 2.05) is 6.07 Å². The normalized spacial score (nSPS) is 13.0. The smallest absolute Gasteiger partial charge is 0.331 e. The second kappa shape index (κ2) is 3.80. The zero-order valence-electron chi connectivity index (χ0n) is 10.4. The summed E-state index contributed by atoms with van der Waals surface area (Å²) in [5, 5.41) is 0. The lowest BCUT2D eigenvalue weighted by molar-refractivity contribution is 0.174. The Kier molecular flexibility index (Phi) is 2.09. The van der Waals surface area contributed by atoms with E-state index < -0.39 is 0 Å². The highest BCUT2D eigenvalue weighted by molar-refractivity contribution is 5.80. The fourth-order valence-electron chi connectivity index (χ4n) is 2.40. The van der Waals surface area contributed by atoms with Crippen molar-refractivity contribution in [1.29, 1.82) is 0 Å². The number of nitrogens with two attached hydrogens (primary N) is 1. The molecule has 0 atom stereocenters. The molecule has 3 aromatic rings. The second-order valence-corrected chi connectivity index (χ2v) is 4.58. The van der Waals surface area contributed by atoms with Gasteiger partial charge in [0.25, 0.3) is 0 Å². The van der Waals surface area contributed by atoms with Gasteiger partial charge < -0.3 is 20.2 Å². The molecule has 3 N–H and O–H groups in total. The summed E-state index contributed by atoms with van der Waals surface area (Å²) in [5.74, 6) is 1.31. The van der Waals surface area contributed by atoms with Crippen LogP contribution in [0.25, 0.3) is 16.7 Å². The Hall–Kier alpha value is -2.89. The molecule has 0 radical (unpaired) electrons. The fraction of sp³-hybridized carbons (Fsp3) is 0.0714. The van der Waals surface area contributed by atoms with Gasteiger partial charge >= 0.3 is 5.69 Å². The van der Waals surface area contributed by atoms with E-state index in [2.05, 4.69) is 4.98 Å². The number of rotatable bonds is 1. The number of nitrogen functional groups attached to an aromatic ring is 1. The number of benzene rings is 2. The lowest BCUT2D eigenvalue weighted by Gasteiger charge is -2.05. The third-order valence-corrected chi connectivity index (χ3v) is 3.32. The molecule has 0 bridgehead atoms. The van der Waals surface area contributed by atoms with Crippen LogP contribution in [0, 0.1) is 0 Å². The average Bonchev–Trinajstić information content (AvgIpc) is 3.00. The standard InChI is InChI=1S/C14H11N3O3/c15-8-1-3-10-11(5-8)17(14(18)16-10)9-2-4-12-13(6-9)20-7-19-12/h1-6H,7,15H2,(H,16,18). The van der Waals surface area contributed by atoms with Crippen molar-refractivity contribution < 1.29 is 9.47 Å². The van der Waals surface area contributed by atoms with Crippen molar-refractivity contribution in [2.75, 3.05) is 12.5 Å². The molecule has 0 unspecified atom stereocenters. The highest BCUT2D eigenvalue weighted by atomic mass is 16.7. The van der Waals surface area contributed by atoms with Gasteiger partial charge in [0.05, 0.1) is 16.7 Å². The van der Waals surface area contributed by atoms with E-state index in [4.69, 9.17) is 15.2 Å². The number of hydrogen-bond donors (Lipinski definition) is 2. The van der Waals surface area contributed by atoms with Crippen molar-refractivity contribution in [2.45, 2.75) is 0 Å². The largest absolute Gasteiger partial charge is 0.454 e. The molecule has 0 fully saturated rings. The molecule has 2 heterocycles. The minimum atomic E-state index is -0.218. The van der Waals surface area contributed by atoms with Crippen LogP contribution in [-0.2, 0) is 0 Å². The van der Waals surface area contributed by atoms with Crippen LogP contribution in [0.4, 0.5) is 5.69 Å². The van der Waals surface area contributed by atoms with E-state index in [9.17, 15) is 4.79 Å². The third-order valence-electron chi connectivity index (χ3n) is 3.32. The molecule has 1 aromatic heterocycles. The van der Waals surface area contributed by atoms with Crippen LogP contribution in [0.5, 0.6) is 11.5 Å². The van der Waals surface area contributed by atoms with E-state index >= 15 is 0 Å². The number of aromatic amines is 1. The second-order valence-electron chi connectivity index (χ2n) is 4.58. The number of imidazole rings is 1. The minimum Gasteiger partial charge on any atom is -0.454 e. The van der Waals surface area contributed by atoms with Gasteiger partial charge in [-0.25, -0.2) is 4.79 Å². The molecule has 1 aliphatic heterocycles. The van der Waals surface area contributed by atoms with E-state index in [-0.39, 0.29) is 12.5 Å². The van der Waals surface area contributed by atoms with Gasteiger partial charge in [-0.05, 0) is 30.3 Å². The molecule has 0 saturated carbocycles. The van der Waals surface area contributed by atoms with Crippen LogP contribution >= 0.6 is 0 Å². The maximum Gasteiger partial charge on any atom is 0.331 e. The van der Waals surface area contributed by atoms with Gasteiger partial charge in [0.1, 0.15) is 0 Å². The maximum absolute atomic E-state index is 12.1. The molecule has 2 aromatic carbocycles. The van der Waals surface area contributed by atoms with Gasteiger partial charge in [0.2, 0.25) is 6.79 Å². The zero-order valence-corrected chi connectivity index (χ0v) is 10.4. The summed E-state index contributed by atoms with van der Waals surface area (Å²) in [5.41, 5.74) is 8.35. The van der Waals surface area contributed by atoms with Gasteiger partial charge in [-0.3, -0.25) is 4.57 Å². The van der Waals surface area contributed by atoms with Crippen LogP contribution in [0.2, 0.25) is 0 Å². The summed E-state index contributed by atoms with van der Waals surface area (Å²) in [4.78, 5) is 14.9. The number of aromatic nitrogens is 2. The van der Waals surface area contributed by atoms with Gasteiger partial charge in [-0.1, -0.05) is 0 Å². The lowest BCUT2D eigenvalue weighted by atomic mass is 10.2. The SMILES string of the molecule is Nc1ccc2[nH]c(=O)n(-c3ccc4c(c3)OCO4)c2c1. The molecule has 0 spiro atoms. The molecule has 20 heavy (non-hydrogen) atoms. The highest BCUT2D eigenvalue weighted by Crippen LogP contribution is 2.34. The first-order valence-corrected chi connectivity index (χ1v) is 6.13. The molecule has 100 valence electrons. The molecular formula is C14H11N3O3. The van der Waals surface area contributed by atoms with Gasteiger partial charge in [-0.2, -0.15) is 0 Å². The van der Waals surface area contributed by atoms with Gasteiger partial charge in [0, 0.05) is 11.8 Å². The summed E-state index contributed by atoms with van der Waals surface area (Å²) in [6.45, 7) is 0.203. The van der Waals surface area contributed by atoms with Crippen LogP contribution in [-0.4, -0.2) is 16.3 Å². The van der Waals surface area contributed by atoms with E-state index in [0.717, 1.165) is 11.0 Å². The fourth-order valence-corrected chi connectivity index (χ4v) is 2.40.